The van der Waals surface area contributed by atoms with Crippen molar-refractivity contribution in [3.8, 4) is 6.07 Å². The van der Waals surface area contributed by atoms with Crippen LogP contribution in [-0.2, 0) is 0 Å². The van der Waals surface area contributed by atoms with Crippen LogP contribution in [0.3, 0.4) is 0 Å². The van der Waals surface area contributed by atoms with E-state index in [0.717, 1.165) is 5.56 Å². The molecule has 0 unspecified atom stereocenters. The van der Waals surface area contributed by atoms with Gasteiger partial charge in [0.05, 0.1) is 27.9 Å². The van der Waals surface area contributed by atoms with E-state index in [0.29, 0.717) is 26.3 Å². The molecule has 2 aromatic carbocycles. The number of hydrogen-bond acceptors (Lipinski definition) is 2. The quantitative estimate of drug-likeness (QED) is 0.865. The van der Waals surface area contributed by atoms with Crippen LogP contribution in [0.25, 0.3) is 0 Å². The van der Waals surface area contributed by atoms with E-state index in [2.05, 4.69) is 21.2 Å². The first-order chi connectivity index (χ1) is 9.51. The molecule has 3 nitrogen and oxygen atoms in total. The zero-order valence-corrected chi connectivity index (χ0v) is 12.9. The number of hydrogen-bond donors (Lipinski definition) is 1. The van der Waals surface area contributed by atoms with Gasteiger partial charge < -0.3 is 5.32 Å². The third-order valence-corrected chi connectivity index (χ3v) is 3.70. The average Bonchev–Trinajstić information content (AvgIpc) is 2.41. The van der Waals surface area contributed by atoms with Gasteiger partial charge in [-0.25, -0.2) is 0 Å². The molecule has 0 bridgehead atoms. The molecule has 0 spiro atoms. The number of benzene rings is 2. The summed E-state index contributed by atoms with van der Waals surface area (Å²) >= 11 is 9.38. The van der Waals surface area contributed by atoms with Gasteiger partial charge in [0.1, 0.15) is 0 Å². The van der Waals surface area contributed by atoms with Crippen molar-refractivity contribution in [2.24, 2.45) is 0 Å². The summed E-state index contributed by atoms with van der Waals surface area (Å²) in [6, 6.07) is 12.2. The maximum absolute atomic E-state index is 12.2. The van der Waals surface area contributed by atoms with Crippen LogP contribution < -0.4 is 5.32 Å². The number of rotatable bonds is 2. The Kier molecular flexibility index (Phi) is 4.43. The van der Waals surface area contributed by atoms with E-state index in [1.165, 1.54) is 0 Å². The SMILES string of the molecule is Cc1ccc(C(=O)Nc2cc(C#N)ccc2Cl)c(Br)c1. The van der Waals surface area contributed by atoms with Crippen molar-refractivity contribution in [2.45, 2.75) is 6.92 Å². The second-order valence-electron chi connectivity index (χ2n) is 4.24. The summed E-state index contributed by atoms with van der Waals surface area (Å²) < 4.78 is 0.711. The van der Waals surface area contributed by atoms with Gasteiger partial charge in [0, 0.05) is 4.47 Å². The molecule has 2 rings (SSSR count). The number of carbonyl (C=O) groups excluding carboxylic acids is 1. The van der Waals surface area contributed by atoms with Gasteiger partial charge in [0.15, 0.2) is 0 Å². The lowest BCUT2D eigenvalue weighted by molar-refractivity contribution is 0.102. The minimum absolute atomic E-state index is 0.283. The Morgan fingerprint density at radius 1 is 1.30 bits per heavy atom. The normalized spacial score (nSPS) is 9.90. The van der Waals surface area contributed by atoms with Crippen LogP contribution in [0, 0.1) is 18.3 Å². The van der Waals surface area contributed by atoms with E-state index in [4.69, 9.17) is 16.9 Å². The lowest BCUT2D eigenvalue weighted by atomic mass is 10.1. The lowest BCUT2D eigenvalue weighted by Crippen LogP contribution is -2.13. The monoisotopic (exact) mass is 348 g/mol. The van der Waals surface area contributed by atoms with Crippen molar-refractivity contribution in [1.82, 2.24) is 0 Å². The fraction of sp³-hybridized carbons (Fsp3) is 0.0667. The standard InChI is InChI=1S/C15H10BrClN2O/c1-9-2-4-11(12(16)6-9)15(20)19-14-7-10(8-18)3-5-13(14)17/h2-7H,1H3,(H,19,20). The van der Waals surface area contributed by atoms with Gasteiger partial charge in [-0.05, 0) is 58.7 Å². The molecule has 0 heterocycles. The van der Waals surface area contributed by atoms with Crippen LogP contribution in [0.5, 0.6) is 0 Å². The van der Waals surface area contributed by atoms with Crippen LogP contribution in [0.15, 0.2) is 40.9 Å². The second-order valence-corrected chi connectivity index (χ2v) is 5.51. The van der Waals surface area contributed by atoms with Gasteiger partial charge in [-0.1, -0.05) is 17.7 Å². The minimum Gasteiger partial charge on any atom is -0.321 e. The Balaban J connectivity index is 2.30. The maximum atomic E-state index is 12.2. The Labute approximate surface area is 130 Å². The van der Waals surface area contributed by atoms with Gasteiger partial charge >= 0.3 is 0 Å². The van der Waals surface area contributed by atoms with Crippen molar-refractivity contribution in [2.75, 3.05) is 5.32 Å². The van der Waals surface area contributed by atoms with E-state index in [1.54, 1.807) is 24.3 Å². The molecule has 2 aromatic rings. The molecule has 0 atom stereocenters. The molecule has 100 valence electrons. The fourth-order valence-corrected chi connectivity index (χ4v) is 2.52. The van der Waals surface area contributed by atoms with Gasteiger partial charge in [0.2, 0.25) is 0 Å². The fourth-order valence-electron chi connectivity index (χ4n) is 1.68. The van der Waals surface area contributed by atoms with Gasteiger partial charge in [0.25, 0.3) is 5.91 Å². The highest BCUT2D eigenvalue weighted by atomic mass is 79.9. The zero-order chi connectivity index (χ0) is 14.7. The van der Waals surface area contributed by atoms with Crippen molar-refractivity contribution < 1.29 is 4.79 Å². The first-order valence-electron chi connectivity index (χ1n) is 5.78. The largest absolute Gasteiger partial charge is 0.321 e. The van der Waals surface area contributed by atoms with Crippen molar-refractivity contribution in [1.29, 1.82) is 5.26 Å². The lowest BCUT2D eigenvalue weighted by Gasteiger charge is -2.09. The van der Waals surface area contributed by atoms with Crippen LogP contribution in [0.4, 0.5) is 5.69 Å². The molecule has 1 amide bonds. The van der Waals surface area contributed by atoms with Crippen LogP contribution in [-0.4, -0.2) is 5.91 Å². The van der Waals surface area contributed by atoms with E-state index >= 15 is 0 Å². The summed E-state index contributed by atoms with van der Waals surface area (Å²) in [6.07, 6.45) is 0. The van der Waals surface area contributed by atoms with E-state index < -0.39 is 0 Å². The maximum Gasteiger partial charge on any atom is 0.256 e. The van der Waals surface area contributed by atoms with Crippen LogP contribution >= 0.6 is 27.5 Å². The van der Waals surface area contributed by atoms with Crippen molar-refractivity contribution in [3.05, 3.63) is 62.6 Å². The first kappa shape index (κ1) is 14.6. The molecule has 5 heteroatoms. The number of aryl methyl sites for hydroxylation is 1. The molecular weight excluding hydrogens is 340 g/mol. The Morgan fingerprint density at radius 3 is 2.70 bits per heavy atom. The van der Waals surface area contributed by atoms with Crippen LogP contribution in [0.1, 0.15) is 21.5 Å². The Hall–Kier alpha value is -1.83. The molecule has 0 saturated heterocycles. The third-order valence-electron chi connectivity index (χ3n) is 2.71. The third kappa shape index (κ3) is 3.19. The highest BCUT2D eigenvalue weighted by molar-refractivity contribution is 9.10. The molecule has 0 aliphatic carbocycles. The van der Waals surface area contributed by atoms with Gasteiger partial charge in [-0.2, -0.15) is 5.26 Å². The second kappa shape index (κ2) is 6.08. The van der Waals surface area contributed by atoms with Crippen molar-refractivity contribution in [3.63, 3.8) is 0 Å². The number of anilines is 1. The predicted molar refractivity (Wildman–Crippen MR) is 83.0 cm³/mol. The summed E-state index contributed by atoms with van der Waals surface area (Å²) in [6.45, 7) is 1.94. The van der Waals surface area contributed by atoms with Gasteiger partial charge in [-0.3, -0.25) is 4.79 Å². The minimum atomic E-state index is -0.283. The first-order valence-corrected chi connectivity index (χ1v) is 6.95. The number of nitriles is 1. The molecule has 0 radical (unpaired) electrons. The molecule has 0 aliphatic heterocycles. The average molecular weight is 350 g/mol. The van der Waals surface area contributed by atoms with E-state index in [-0.39, 0.29) is 5.91 Å². The highest BCUT2D eigenvalue weighted by Crippen LogP contribution is 2.25. The summed E-state index contributed by atoms with van der Waals surface area (Å²) in [4.78, 5) is 12.2. The summed E-state index contributed by atoms with van der Waals surface area (Å²) in [7, 11) is 0. The molecule has 0 aliphatic rings. The number of nitrogens with one attached hydrogen (secondary N) is 1. The highest BCUT2D eigenvalue weighted by Gasteiger charge is 2.12. The number of carbonyl (C=O) groups is 1. The molecule has 0 saturated carbocycles. The van der Waals surface area contributed by atoms with E-state index in [1.807, 2.05) is 25.1 Å². The topological polar surface area (TPSA) is 52.9 Å². The summed E-state index contributed by atoms with van der Waals surface area (Å²) in [5.74, 6) is -0.283. The van der Waals surface area contributed by atoms with Crippen molar-refractivity contribution >= 4 is 39.1 Å². The number of halogens is 2. The Bertz CT molecular complexity index is 722. The predicted octanol–water partition coefficient (Wildman–Crippen LogP) is 4.53. The molecule has 20 heavy (non-hydrogen) atoms. The zero-order valence-electron chi connectivity index (χ0n) is 10.6. The van der Waals surface area contributed by atoms with E-state index in [9.17, 15) is 4.79 Å². The van der Waals surface area contributed by atoms with Gasteiger partial charge in [-0.15, -0.1) is 0 Å². The number of nitrogens with zero attached hydrogens (tertiary/aromatic N) is 1. The molecule has 1 N–H and O–H groups in total. The molecule has 0 fully saturated rings. The molecular formula is C15H10BrClN2O. The van der Waals surface area contributed by atoms with Crippen LogP contribution in [0.2, 0.25) is 5.02 Å². The summed E-state index contributed by atoms with van der Waals surface area (Å²) in [5, 5.41) is 12.0. The summed E-state index contributed by atoms with van der Waals surface area (Å²) in [5.41, 5.74) is 2.42. The smallest absolute Gasteiger partial charge is 0.256 e. The number of amides is 1. The molecule has 0 aromatic heterocycles. The Morgan fingerprint density at radius 2 is 2.05 bits per heavy atom.